The fourth-order valence-electron chi connectivity index (χ4n) is 3.44. The van der Waals surface area contributed by atoms with Gasteiger partial charge in [0.2, 0.25) is 0 Å². The number of aromatic nitrogens is 2. The summed E-state index contributed by atoms with van der Waals surface area (Å²) in [5, 5.41) is 5.86. The van der Waals surface area contributed by atoms with Crippen molar-refractivity contribution in [3.8, 4) is 5.75 Å². The fourth-order valence-corrected chi connectivity index (χ4v) is 4.00. The van der Waals surface area contributed by atoms with Gasteiger partial charge in [0.05, 0.1) is 5.02 Å². The van der Waals surface area contributed by atoms with E-state index in [9.17, 15) is 4.79 Å². The first-order chi connectivity index (χ1) is 15.0. The minimum absolute atomic E-state index is 0.0815. The third kappa shape index (κ3) is 5.52. The molecule has 1 aliphatic heterocycles. The zero-order chi connectivity index (χ0) is 21.8. The quantitative estimate of drug-likeness (QED) is 0.508. The highest BCUT2D eigenvalue weighted by molar-refractivity contribution is 6.42. The number of benzene rings is 2. The van der Waals surface area contributed by atoms with Gasteiger partial charge < -0.3 is 9.64 Å². The lowest BCUT2D eigenvalue weighted by Gasteiger charge is -2.34. The van der Waals surface area contributed by atoms with Crippen molar-refractivity contribution in [1.29, 1.82) is 0 Å². The summed E-state index contributed by atoms with van der Waals surface area (Å²) < 4.78 is 7.22. The molecule has 4 rings (SSSR count). The molecule has 1 saturated heterocycles. The van der Waals surface area contributed by atoms with Gasteiger partial charge in [0, 0.05) is 43.9 Å². The Morgan fingerprint density at radius 2 is 1.77 bits per heavy atom. The summed E-state index contributed by atoms with van der Waals surface area (Å²) in [4.78, 5) is 17.0. The van der Waals surface area contributed by atoms with Crippen molar-refractivity contribution in [3.63, 3.8) is 0 Å². The van der Waals surface area contributed by atoms with Crippen molar-refractivity contribution in [2.45, 2.75) is 13.3 Å². The van der Waals surface area contributed by atoms with E-state index in [1.54, 1.807) is 35.1 Å². The van der Waals surface area contributed by atoms with Gasteiger partial charge in [0.15, 0.2) is 12.4 Å². The molecule has 0 N–H and O–H groups in total. The van der Waals surface area contributed by atoms with E-state index in [1.807, 2.05) is 23.1 Å². The monoisotopic (exact) mass is 478 g/mol. The van der Waals surface area contributed by atoms with E-state index in [1.165, 1.54) is 5.56 Å². The van der Waals surface area contributed by atoms with Crippen LogP contribution in [0.4, 0.5) is 0 Å². The largest absolute Gasteiger partial charge is 0.470 e. The lowest BCUT2D eigenvalue weighted by Crippen LogP contribution is -2.48. The van der Waals surface area contributed by atoms with Crippen LogP contribution in [-0.2, 0) is 13.3 Å². The van der Waals surface area contributed by atoms with Gasteiger partial charge in [0.1, 0.15) is 10.8 Å². The zero-order valence-corrected chi connectivity index (χ0v) is 18.9. The van der Waals surface area contributed by atoms with Crippen LogP contribution in [0.15, 0.2) is 54.7 Å². The average molecular weight is 480 g/mol. The summed E-state index contributed by atoms with van der Waals surface area (Å²) in [7, 11) is 0. The van der Waals surface area contributed by atoms with Crippen LogP contribution in [0.1, 0.15) is 16.1 Å². The Morgan fingerprint density at radius 1 is 1.00 bits per heavy atom. The van der Waals surface area contributed by atoms with Gasteiger partial charge in [-0.15, -0.1) is 0 Å². The summed E-state index contributed by atoms with van der Waals surface area (Å²) in [6.45, 7) is 3.85. The first-order valence-electron chi connectivity index (χ1n) is 9.86. The van der Waals surface area contributed by atoms with E-state index >= 15 is 0 Å². The number of carbonyl (C=O) groups excluding carboxylic acids is 1. The zero-order valence-electron chi connectivity index (χ0n) is 16.7. The molecule has 1 amide bonds. The Morgan fingerprint density at radius 3 is 2.55 bits per heavy atom. The average Bonchev–Trinajstić information content (AvgIpc) is 3.24. The molecule has 2 heterocycles. The third-order valence-electron chi connectivity index (χ3n) is 5.08. The van der Waals surface area contributed by atoms with Crippen LogP contribution in [0, 0.1) is 0 Å². The van der Waals surface area contributed by atoms with E-state index in [0.717, 1.165) is 24.7 Å². The predicted molar refractivity (Wildman–Crippen MR) is 122 cm³/mol. The second-order valence-corrected chi connectivity index (χ2v) is 8.49. The van der Waals surface area contributed by atoms with Crippen molar-refractivity contribution < 1.29 is 9.53 Å². The Labute approximate surface area is 195 Å². The van der Waals surface area contributed by atoms with Gasteiger partial charge in [-0.3, -0.25) is 9.69 Å². The van der Waals surface area contributed by atoms with E-state index in [2.05, 4.69) is 16.1 Å². The molecular formula is C22H21Cl3N4O2. The summed E-state index contributed by atoms with van der Waals surface area (Å²) >= 11 is 18.2. The molecule has 31 heavy (non-hydrogen) atoms. The number of hydrogen-bond donors (Lipinski definition) is 0. The van der Waals surface area contributed by atoms with Gasteiger partial charge in [-0.05, 0) is 35.9 Å². The number of amides is 1. The summed E-state index contributed by atoms with van der Waals surface area (Å²) in [6.07, 6.45) is 1.71. The molecule has 2 aromatic carbocycles. The molecular weight excluding hydrogens is 459 g/mol. The smallest absolute Gasteiger partial charge is 0.274 e. The predicted octanol–water partition coefficient (Wildman–Crippen LogP) is 4.84. The molecule has 1 aliphatic rings. The van der Waals surface area contributed by atoms with Crippen LogP contribution in [0.2, 0.25) is 15.1 Å². The van der Waals surface area contributed by atoms with E-state index in [4.69, 9.17) is 39.5 Å². The van der Waals surface area contributed by atoms with Crippen LogP contribution < -0.4 is 4.74 Å². The number of nitrogens with zero attached hydrogens (tertiary/aromatic N) is 4. The lowest BCUT2D eigenvalue weighted by molar-refractivity contribution is 0.0621. The molecule has 0 aliphatic carbocycles. The van der Waals surface area contributed by atoms with Gasteiger partial charge in [-0.25, -0.2) is 4.68 Å². The second-order valence-electron chi connectivity index (χ2n) is 7.26. The normalized spacial score (nSPS) is 14.6. The van der Waals surface area contributed by atoms with Crippen LogP contribution in [0.25, 0.3) is 0 Å². The first-order valence-corrected chi connectivity index (χ1v) is 11.0. The maximum absolute atomic E-state index is 12.8. The number of halogens is 3. The first kappa shape index (κ1) is 22.0. The maximum Gasteiger partial charge on any atom is 0.274 e. The number of carbonyl (C=O) groups is 1. The molecule has 162 valence electrons. The molecule has 9 heteroatoms. The van der Waals surface area contributed by atoms with Crippen LogP contribution in [0.5, 0.6) is 5.75 Å². The van der Waals surface area contributed by atoms with Crippen LogP contribution in [0.3, 0.4) is 0 Å². The Balaban J connectivity index is 1.29. The van der Waals surface area contributed by atoms with Crippen molar-refractivity contribution >= 4 is 40.7 Å². The molecule has 0 atom stereocenters. The summed E-state index contributed by atoms with van der Waals surface area (Å²) in [6, 6.07) is 14.7. The van der Waals surface area contributed by atoms with Gasteiger partial charge in [0.25, 0.3) is 5.91 Å². The molecule has 6 nitrogen and oxygen atoms in total. The van der Waals surface area contributed by atoms with Gasteiger partial charge in [-0.2, -0.15) is 5.10 Å². The number of piperazine rings is 1. The van der Waals surface area contributed by atoms with Crippen LogP contribution >= 0.6 is 34.8 Å². The molecule has 0 radical (unpaired) electrons. The topological polar surface area (TPSA) is 50.6 Å². The minimum atomic E-state index is -0.0815. The van der Waals surface area contributed by atoms with Gasteiger partial charge in [-0.1, -0.05) is 53.0 Å². The number of hydrogen-bond acceptors (Lipinski definition) is 4. The minimum Gasteiger partial charge on any atom is -0.470 e. The van der Waals surface area contributed by atoms with Crippen molar-refractivity contribution in [2.75, 3.05) is 26.2 Å². The Kier molecular flexibility index (Phi) is 7.02. The SMILES string of the molecule is O=C(c1ccn(COc2cccc(Cl)c2Cl)n1)N1CCN(Cc2cccc(Cl)c2)CC1. The molecule has 0 unspecified atom stereocenters. The molecule has 3 aromatic rings. The summed E-state index contributed by atoms with van der Waals surface area (Å²) in [5.41, 5.74) is 1.56. The molecule has 0 saturated carbocycles. The van der Waals surface area contributed by atoms with Crippen molar-refractivity contribution in [2.24, 2.45) is 0 Å². The number of ether oxygens (including phenoxy) is 1. The lowest BCUT2D eigenvalue weighted by atomic mass is 10.2. The van der Waals surface area contributed by atoms with Gasteiger partial charge >= 0.3 is 0 Å². The molecule has 0 spiro atoms. The van der Waals surface area contributed by atoms with Crippen molar-refractivity contribution in [3.05, 3.63) is 81.1 Å². The molecule has 0 bridgehead atoms. The van der Waals surface area contributed by atoms with E-state index in [0.29, 0.717) is 34.6 Å². The standard InChI is InChI=1S/C22H21Cl3N4O2/c23-17-4-1-3-16(13-17)14-27-9-11-28(12-10-27)22(30)19-7-8-29(26-19)15-31-20-6-2-5-18(24)21(20)25/h1-8,13H,9-12,14-15H2. The highest BCUT2D eigenvalue weighted by Crippen LogP contribution is 2.31. The third-order valence-corrected chi connectivity index (χ3v) is 6.12. The second kappa shape index (κ2) is 9.92. The highest BCUT2D eigenvalue weighted by atomic mass is 35.5. The Hall–Kier alpha value is -2.25. The number of rotatable bonds is 6. The molecule has 1 aromatic heterocycles. The van der Waals surface area contributed by atoms with E-state index < -0.39 is 0 Å². The van der Waals surface area contributed by atoms with E-state index in [-0.39, 0.29) is 12.6 Å². The Bertz CT molecular complexity index is 1060. The van der Waals surface area contributed by atoms with Crippen LogP contribution in [-0.4, -0.2) is 51.7 Å². The molecule has 1 fully saturated rings. The fraction of sp³-hybridized carbons (Fsp3) is 0.273. The van der Waals surface area contributed by atoms with Crippen molar-refractivity contribution in [1.82, 2.24) is 19.6 Å². The maximum atomic E-state index is 12.8. The summed E-state index contributed by atoms with van der Waals surface area (Å²) in [5.74, 6) is 0.385. The highest BCUT2D eigenvalue weighted by Gasteiger charge is 2.23.